The minimum atomic E-state index is -0.110. The van der Waals surface area contributed by atoms with Gasteiger partial charge in [0.15, 0.2) is 0 Å². The van der Waals surface area contributed by atoms with Crippen LogP contribution in [0.15, 0.2) is 42.5 Å². The lowest BCUT2D eigenvalue weighted by Gasteiger charge is -2.39. The summed E-state index contributed by atoms with van der Waals surface area (Å²) in [5.41, 5.74) is 4.71. The lowest BCUT2D eigenvalue weighted by Crippen LogP contribution is -2.44. The SMILES string of the molecule is CCOC(=O)N1C2CCC(N3CCC(c4cc(-c5ccc(CC#N)cc5)ccc4OC)CC3)CC1CC2. The molecule has 2 aromatic carbocycles. The van der Waals surface area contributed by atoms with Crippen LogP contribution in [0, 0.1) is 11.3 Å². The molecule has 6 heteroatoms. The molecular formula is C31H39N3O3. The molecule has 5 rings (SSSR count). The molecule has 0 N–H and O–H groups in total. The number of hydrogen-bond donors (Lipinski definition) is 0. The van der Waals surface area contributed by atoms with E-state index in [9.17, 15) is 4.79 Å². The van der Waals surface area contributed by atoms with Crippen LogP contribution in [0.2, 0.25) is 0 Å². The fraction of sp³-hybridized carbons (Fsp3) is 0.548. The Morgan fingerprint density at radius 3 is 2.30 bits per heavy atom. The highest BCUT2D eigenvalue weighted by Crippen LogP contribution is 2.40. The van der Waals surface area contributed by atoms with Crippen molar-refractivity contribution in [1.29, 1.82) is 5.26 Å². The molecule has 3 atom stereocenters. The summed E-state index contributed by atoms with van der Waals surface area (Å²) in [7, 11) is 1.76. The van der Waals surface area contributed by atoms with Gasteiger partial charge in [-0.25, -0.2) is 4.79 Å². The summed E-state index contributed by atoms with van der Waals surface area (Å²) in [5, 5.41) is 8.95. The lowest BCUT2D eigenvalue weighted by atomic mass is 9.85. The Morgan fingerprint density at radius 1 is 0.946 bits per heavy atom. The van der Waals surface area contributed by atoms with Crippen molar-refractivity contribution in [3.05, 3.63) is 53.6 Å². The summed E-state index contributed by atoms with van der Waals surface area (Å²) in [5.74, 6) is 1.45. The van der Waals surface area contributed by atoms with Crippen LogP contribution in [-0.2, 0) is 11.2 Å². The maximum Gasteiger partial charge on any atom is 0.410 e. The molecule has 3 heterocycles. The van der Waals surface area contributed by atoms with Gasteiger partial charge in [-0.2, -0.15) is 5.26 Å². The number of benzene rings is 2. The van der Waals surface area contributed by atoms with Crippen LogP contribution in [0.25, 0.3) is 11.1 Å². The largest absolute Gasteiger partial charge is 0.496 e. The fourth-order valence-electron chi connectivity index (χ4n) is 6.84. The van der Waals surface area contributed by atoms with Gasteiger partial charge < -0.3 is 19.3 Å². The molecular weight excluding hydrogens is 462 g/mol. The Balaban J connectivity index is 1.25. The first-order valence-corrected chi connectivity index (χ1v) is 13.9. The minimum Gasteiger partial charge on any atom is -0.496 e. The van der Waals surface area contributed by atoms with E-state index in [1.165, 1.54) is 23.1 Å². The third-order valence-electron chi connectivity index (χ3n) is 8.76. The number of hydrogen-bond acceptors (Lipinski definition) is 5. The van der Waals surface area contributed by atoms with Crippen molar-refractivity contribution in [3.8, 4) is 22.9 Å². The van der Waals surface area contributed by atoms with Crippen LogP contribution in [0.1, 0.15) is 68.9 Å². The molecule has 2 aromatic rings. The van der Waals surface area contributed by atoms with Crippen molar-refractivity contribution in [3.63, 3.8) is 0 Å². The van der Waals surface area contributed by atoms with Crippen molar-refractivity contribution < 1.29 is 14.3 Å². The van der Waals surface area contributed by atoms with E-state index < -0.39 is 0 Å². The third kappa shape index (κ3) is 5.48. The van der Waals surface area contributed by atoms with Gasteiger partial charge >= 0.3 is 6.09 Å². The zero-order chi connectivity index (χ0) is 25.8. The quantitative estimate of drug-likeness (QED) is 0.475. The number of likely N-dealkylation sites (tertiary alicyclic amines) is 1. The van der Waals surface area contributed by atoms with Gasteiger partial charge in [-0.1, -0.05) is 30.3 Å². The lowest BCUT2D eigenvalue weighted by molar-refractivity contribution is 0.0845. The van der Waals surface area contributed by atoms with Crippen LogP contribution in [0.4, 0.5) is 4.79 Å². The molecule has 2 bridgehead atoms. The topological polar surface area (TPSA) is 65.8 Å². The molecule has 0 radical (unpaired) electrons. The van der Waals surface area contributed by atoms with Gasteiger partial charge in [-0.15, -0.1) is 0 Å². The molecule has 3 fully saturated rings. The van der Waals surface area contributed by atoms with Gasteiger partial charge in [-0.3, -0.25) is 0 Å². The second kappa shape index (κ2) is 11.6. The molecule has 6 nitrogen and oxygen atoms in total. The zero-order valence-electron chi connectivity index (χ0n) is 22.2. The molecule has 0 spiro atoms. The number of carbonyl (C=O) groups excluding carboxylic acids is 1. The van der Waals surface area contributed by atoms with E-state index in [0.717, 1.165) is 62.9 Å². The Hall–Kier alpha value is -3.04. The van der Waals surface area contributed by atoms with E-state index in [1.54, 1.807) is 7.11 Å². The smallest absolute Gasteiger partial charge is 0.410 e. The Labute approximate surface area is 221 Å². The van der Waals surface area contributed by atoms with E-state index in [-0.39, 0.29) is 6.09 Å². The Morgan fingerprint density at radius 2 is 1.62 bits per heavy atom. The first-order chi connectivity index (χ1) is 18.1. The maximum absolute atomic E-state index is 12.6. The van der Waals surface area contributed by atoms with E-state index in [4.69, 9.17) is 14.7 Å². The Bertz CT molecular complexity index is 1120. The highest BCUT2D eigenvalue weighted by atomic mass is 16.6. The number of amides is 1. The normalized spacial score (nSPS) is 24.4. The summed E-state index contributed by atoms with van der Waals surface area (Å²) in [4.78, 5) is 17.4. The molecule has 0 saturated carbocycles. The standard InChI is InChI=1S/C31H39N3O3/c1-3-37-31(35)34-26-9-11-27(21-28(34)12-10-26)33-18-15-24(16-19-33)29-20-25(8-13-30(29)36-2)23-6-4-22(5-7-23)14-17-32/h4-8,13,20,24,26-28H,3,9-12,14-16,18-19,21H2,1-2H3. The van der Waals surface area contributed by atoms with Crippen LogP contribution < -0.4 is 4.74 Å². The molecule has 3 unspecified atom stereocenters. The summed E-state index contributed by atoms with van der Waals surface area (Å²) >= 11 is 0. The number of nitrogens with zero attached hydrogens (tertiary/aromatic N) is 3. The van der Waals surface area contributed by atoms with Gasteiger partial charge in [0.25, 0.3) is 0 Å². The Kier molecular flexibility index (Phi) is 8.00. The highest BCUT2D eigenvalue weighted by Gasteiger charge is 2.43. The molecule has 37 heavy (non-hydrogen) atoms. The molecule has 3 saturated heterocycles. The van der Waals surface area contributed by atoms with Gasteiger partial charge in [-0.05, 0) is 105 Å². The second-order valence-electron chi connectivity index (χ2n) is 10.8. The number of fused-ring (bicyclic) bond motifs is 2. The van der Waals surface area contributed by atoms with Gasteiger partial charge in [0.1, 0.15) is 5.75 Å². The number of ether oxygens (including phenoxy) is 2. The zero-order valence-corrected chi connectivity index (χ0v) is 22.2. The molecule has 196 valence electrons. The molecule has 1 amide bonds. The molecule has 0 aromatic heterocycles. The van der Waals surface area contributed by atoms with Gasteiger partial charge in [0.05, 0.1) is 26.2 Å². The number of piperidine rings is 1. The van der Waals surface area contributed by atoms with Crippen LogP contribution in [-0.4, -0.2) is 60.8 Å². The predicted molar refractivity (Wildman–Crippen MR) is 145 cm³/mol. The number of nitriles is 1. The predicted octanol–water partition coefficient (Wildman–Crippen LogP) is 6.15. The van der Waals surface area contributed by atoms with Crippen molar-refractivity contribution >= 4 is 6.09 Å². The average Bonchev–Trinajstić information content (AvgIpc) is 3.23. The monoisotopic (exact) mass is 501 g/mol. The number of carbonyl (C=O) groups is 1. The molecule has 3 aliphatic rings. The summed E-state index contributed by atoms with van der Waals surface area (Å²) in [6.45, 7) is 4.51. The maximum atomic E-state index is 12.6. The third-order valence-corrected chi connectivity index (χ3v) is 8.76. The van der Waals surface area contributed by atoms with E-state index in [2.05, 4.69) is 46.2 Å². The minimum absolute atomic E-state index is 0.110. The first kappa shape index (κ1) is 25.6. The highest BCUT2D eigenvalue weighted by molar-refractivity contribution is 5.69. The first-order valence-electron chi connectivity index (χ1n) is 13.9. The van der Waals surface area contributed by atoms with Crippen molar-refractivity contribution in [2.75, 3.05) is 26.8 Å². The van der Waals surface area contributed by atoms with Crippen molar-refractivity contribution in [2.45, 2.75) is 82.3 Å². The summed E-state index contributed by atoms with van der Waals surface area (Å²) < 4.78 is 11.2. The molecule has 3 aliphatic heterocycles. The van der Waals surface area contributed by atoms with E-state index in [1.807, 2.05) is 19.1 Å². The average molecular weight is 502 g/mol. The fourth-order valence-corrected chi connectivity index (χ4v) is 6.84. The van der Waals surface area contributed by atoms with Gasteiger partial charge in [0.2, 0.25) is 0 Å². The van der Waals surface area contributed by atoms with E-state index in [0.29, 0.717) is 37.1 Å². The number of rotatable bonds is 6. The summed E-state index contributed by atoms with van der Waals surface area (Å²) in [6.07, 6.45) is 8.12. The van der Waals surface area contributed by atoms with Crippen molar-refractivity contribution in [2.24, 2.45) is 0 Å². The van der Waals surface area contributed by atoms with Crippen LogP contribution in [0.5, 0.6) is 5.75 Å². The van der Waals surface area contributed by atoms with Crippen molar-refractivity contribution in [1.82, 2.24) is 9.80 Å². The van der Waals surface area contributed by atoms with Crippen LogP contribution in [0.3, 0.4) is 0 Å². The van der Waals surface area contributed by atoms with E-state index >= 15 is 0 Å². The van der Waals surface area contributed by atoms with Gasteiger partial charge in [0, 0.05) is 18.1 Å². The number of methoxy groups -OCH3 is 1. The molecule has 0 aliphatic carbocycles. The second-order valence-corrected chi connectivity index (χ2v) is 10.8. The van der Waals surface area contributed by atoms with Crippen LogP contribution >= 0.6 is 0 Å². The summed E-state index contributed by atoms with van der Waals surface area (Å²) in [6, 6.07) is 18.3.